The zero-order valence-corrected chi connectivity index (χ0v) is 11.6. The fourth-order valence-electron chi connectivity index (χ4n) is 2.46. The van der Waals surface area contributed by atoms with Crippen LogP contribution in [0.15, 0.2) is 29.6 Å². The van der Waals surface area contributed by atoms with Crippen molar-refractivity contribution in [1.82, 2.24) is 4.98 Å². The second-order valence-electron chi connectivity index (χ2n) is 4.91. The smallest absolute Gasteiger partial charge is 0.326 e. The van der Waals surface area contributed by atoms with Crippen LogP contribution in [0.2, 0.25) is 0 Å². The topological polar surface area (TPSA) is 88.2 Å². The Kier molecular flexibility index (Phi) is 3.42. The lowest BCUT2D eigenvalue weighted by molar-refractivity contribution is -0.138. The SMILES string of the molecule is NC(C(=O)O)c1csc(NC2Cc3ccccc3C2)n1. The molecule has 1 aromatic carbocycles. The summed E-state index contributed by atoms with van der Waals surface area (Å²) in [6.45, 7) is 0. The van der Waals surface area contributed by atoms with Crippen molar-refractivity contribution < 1.29 is 9.90 Å². The first-order valence-corrected chi connectivity index (χ1v) is 7.28. The Balaban J connectivity index is 1.67. The van der Waals surface area contributed by atoms with Crippen LogP contribution < -0.4 is 11.1 Å². The Bertz CT molecular complexity index is 616. The summed E-state index contributed by atoms with van der Waals surface area (Å²) < 4.78 is 0. The summed E-state index contributed by atoms with van der Waals surface area (Å²) in [5.74, 6) is -1.06. The van der Waals surface area contributed by atoms with Crippen LogP contribution in [0.3, 0.4) is 0 Å². The summed E-state index contributed by atoms with van der Waals surface area (Å²) in [6.07, 6.45) is 1.94. The average molecular weight is 289 g/mol. The van der Waals surface area contributed by atoms with E-state index in [0.29, 0.717) is 11.7 Å². The number of carbonyl (C=O) groups is 1. The number of anilines is 1. The number of rotatable bonds is 4. The number of hydrogen-bond donors (Lipinski definition) is 3. The summed E-state index contributed by atoms with van der Waals surface area (Å²) in [4.78, 5) is 15.1. The molecule has 104 valence electrons. The van der Waals surface area contributed by atoms with Crippen LogP contribution in [0.5, 0.6) is 0 Å². The molecule has 0 saturated carbocycles. The van der Waals surface area contributed by atoms with Gasteiger partial charge in [-0.2, -0.15) is 0 Å². The third kappa shape index (κ3) is 2.52. The number of hydrogen-bond acceptors (Lipinski definition) is 5. The van der Waals surface area contributed by atoms with E-state index in [1.54, 1.807) is 5.38 Å². The summed E-state index contributed by atoms with van der Waals surface area (Å²) in [5, 5.41) is 14.7. The molecule has 0 bridgehead atoms. The highest BCUT2D eigenvalue weighted by Crippen LogP contribution is 2.26. The third-order valence-electron chi connectivity index (χ3n) is 3.49. The first-order valence-electron chi connectivity index (χ1n) is 6.40. The molecule has 1 atom stereocenters. The second-order valence-corrected chi connectivity index (χ2v) is 5.77. The van der Waals surface area contributed by atoms with Gasteiger partial charge in [-0.1, -0.05) is 24.3 Å². The van der Waals surface area contributed by atoms with Crippen LogP contribution in [0.4, 0.5) is 5.13 Å². The van der Waals surface area contributed by atoms with Gasteiger partial charge in [0.05, 0.1) is 5.69 Å². The van der Waals surface area contributed by atoms with Crippen molar-refractivity contribution in [2.75, 3.05) is 5.32 Å². The number of benzene rings is 1. The van der Waals surface area contributed by atoms with E-state index < -0.39 is 12.0 Å². The first-order chi connectivity index (χ1) is 9.63. The van der Waals surface area contributed by atoms with Crippen LogP contribution in [0.1, 0.15) is 22.9 Å². The highest BCUT2D eigenvalue weighted by Gasteiger charge is 2.23. The maximum Gasteiger partial charge on any atom is 0.326 e. The maximum absolute atomic E-state index is 10.8. The second kappa shape index (κ2) is 5.22. The van der Waals surface area contributed by atoms with E-state index in [1.807, 2.05) is 0 Å². The molecule has 2 aromatic rings. The number of aliphatic carboxylic acids is 1. The molecule has 1 heterocycles. The van der Waals surface area contributed by atoms with Crippen LogP contribution >= 0.6 is 11.3 Å². The van der Waals surface area contributed by atoms with Crippen molar-refractivity contribution in [2.45, 2.75) is 24.9 Å². The van der Waals surface area contributed by atoms with Gasteiger partial charge < -0.3 is 16.2 Å². The van der Waals surface area contributed by atoms with Gasteiger partial charge in [0.25, 0.3) is 0 Å². The molecule has 1 aliphatic rings. The lowest BCUT2D eigenvalue weighted by Gasteiger charge is -2.10. The fraction of sp³-hybridized carbons (Fsp3) is 0.286. The fourth-order valence-corrected chi connectivity index (χ4v) is 3.28. The van der Waals surface area contributed by atoms with E-state index in [-0.39, 0.29) is 0 Å². The van der Waals surface area contributed by atoms with Crippen molar-refractivity contribution in [3.63, 3.8) is 0 Å². The lowest BCUT2D eigenvalue weighted by atomic mass is 10.1. The molecule has 1 aromatic heterocycles. The molecular weight excluding hydrogens is 274 g/mol. The van der Waals surface area contributed by atoms with Gasteiger partial charge in [-0.15, -0.1) is 11.3 Å². The minimum atomic E-state index is -1.06. The Hall–Kier alpha value is -1.92. The maximum atomic E-state index is 10.8. The molecule has 3 rings (SSSR count). The Morgan fingerprint density at radius 1 is 1.40 bits per heavy atom. The molecule has 5 nitrogen and oxygen atoms in total. The molecule has 0 amide bonds. The number of fused-ring (bicyclic) bond motifs is 1. The van der Waals surface area contributed by atoms with Gasteiger partial charge in [-0.05, 0) is 24.0 Å². The predicted octanol–water partition coefficient (Wildman–Crippen LogP) is 1.81. The van der Waals surface area contributed by atoms with E-state index in [1.165, 1.54) is 22.5 Å². The monoisotopic (exact) mass is 289 g/mol. The average Bonchev–Trinajstić information content (AvgIpc) is 3.03. The largest absolute Gasteiger partial charge is 0.480 e. The number of aromatic nitrogens is 1. The standard InChI is InChI=1S/C14H15N3O2S/c15-12(13(18)19)11-7-20-14(17-11)16-10-5-8-3-1-2-4-9(8)6-10/h1-4,7,10,12H,5-6,15H2,(H,16,17)(H,18,19). The number of nitrogens with zero attached hydrogens (tertiary/aromatic N) is 1. The Labute approximate surface area is 120 Å². The third-order valence-corrected chi connectivity index (χ3v) is 4.28. The van der Waals surface area contributed by atoms with Crippen LogP contribution in [-0.2, 0) is 17.6 Å². The van der Waals surface area contributed by atoms with Crippen LogP contribution in [-0.4, -0.2) is 22.1 Å². The molecule has 0 spiro atoms. The van der Waals surface area contributed by atoms with Gasteiger partial charge >= 0.3 is 5.97 Å². The quantitative estimate of drug-likeness (QED) is 0.799. The Morgan fingerprint density at radius 2 is 2.05 bits per heavy atom. The van der Waals surface area contributed by atoms with E-state index >= 15 is 0 Å². The summed E-state index contributed by atoms with van der Waals surface area (Å²) in [5.41, 5.74) is 8.68. The highest BCUT2D eigenvalue weighted by atomic mass is 32.1. The van der Waals surface area contributed by atoms with Crippen LogP contribution in [0, 0.1) is 0 Å². The number of thiazole rings is 1. The van der Waals surface area contributed by atoms with Gasteiger partial charge in [-0.3, -0.25) is 4.79 Å². The highest BCUT2D eigenvalue weighted by molar-refractivity contribution is 7.13. The molecular formula is C14H15N3O2S. The molecule has 0 radical (unpaired) electrons. The number of carboxylic acid groups (broad SMARTS) is 1. The molecule has 1 aliphatic carbocycles. The number of nitrogens with two attached hydrogens (primary N) is 1. The van der Waals surface area contributed by atoms with Crippen molar-refractivity contribution in [1.29, 1.82) is 0 Å². The van der Waals surface area contributed by atoms with Gasteiger partial charge in [-0.25, -0.2) is 4.98 Å². The van der Waals surface area contributed by atoms with Gasteiger partial charge in [0.15, 0.2) is 5.13 Å². The molecule has 1 unspecified atom stereocenters. The number of carboxylic acids is 1. The van der Waals surface area contributed by atoms with Gasteiger partial charge in [0.2, 0.25) is 0 Å². The number of nitrogens with one attached hydrogen (secondary N) is 1. The van der Waals surface area contributed by atoms with E-state index in [0.717, 1.165) is 18.0 Å². The molecule has 0 fully saturated rings. The van der Waals surface area contributed by atoms with E-state index in [2.05, 4.69) is 34.6 Å². The zero-order chi connectivity index (χ0) is 14.1. The van der Waals surface area contributed by atoms with E-state index in [4.69, 9.17) is 10.8 Å². The lowest BCUT2D eigenvalue weighted by Crippen LogP contribution is -2.22. The molecule has 6 heteroatoms. The van der Waals surface area contributed by atoms with Crippen molar-refractivity contribution in [3.8, 4) is 0 Å². The molecule has 0 saturated heterocycles. The summed E-state index contributed by atoms with van der Waals surface area (Å²) >= 11 is 1.40. The van der Waals surface area contributed by atoms with Gasteiger partial charge in [0.1, 0.15) is 6.04 Å². The van der Waals surface area contributed by atoms with E-state index in [9.17, 15) is 4.79 Å². The summed E-state index contributed by atoms with van der Waals surface area (Å²) in [6, 6.07) is 7.65. The van der Waals surface area contributed by atoms with Crippen LogP contribution in [0.25, 0.3) is 0 Å². The molecule has 4 N–H and O–H groups in total. The van der Waals surface area contributed by atoms with Crippen molar-refractivity contribution in [3.05, 3.63) is 46.5 Å². The Morgan fingerprint density at radius 3 is 2.65 bits per heavy atom. The predicted molar refractivity (Wildman–Crippen MR) is 77.9 cm³/mol. The van der Waals surface area contributed by atoms with Crippen molar-refractivity contribution >= 4 is 22.4 Å². The zero-order valence-electron chi connectivity index (χ0n) is 10.7. The first kappa shape index (κ1) is 13.1. The van der Waals surface area contributed by atoms with Crippen molar-refractivity contribution in [2.24, 2.45) is 5.73 Å². The van der Waals surface area contributed by atoms with Gasteiger partial charge in [0, 0.05) is 11.4 Å². The molecule has 20 heavy (non-hydrogen) atoms. The minimum absolute atomic E-state index is 0.312. The molecule has 0 aliphatic heterocycles. The normalized spacial score (nSPS) is 15.8. The summed E-state index contributed by atoms with van der Waals surface area (Å²) in [7, 11) is 0. The minimum Gasteiger partial charge on any atom is -0.480 e.